The number of carbonyl (C=O) groups excluding carboxylic acids is 2. The number of Topliss-reactive ketones (excluding diaryl/α,β-unsaturated/α-hetero) is 1. The first-order valence-corrected chi connectivity index (χ1v) is 31.9. The van der Waals surface area contributed by atoms with Crippen molar-refractivity contribution in [3.63, 3.8) is 0 Å². The molecule has 17 nitrogen and oxygen atoms in total. The second kappa shape index (κ2) is 34.3. The minimum Gasteiger partial charge on any atom is -0.379 e. The fraction of sp³-hybridized carbons (Fsp3) is 0.544. The van der Waals surface area contributed by atoms with Crippen LogP contribution in [-0.4, -0.2) is 170 Å². The van der Waals surface area contributed by atoms with Gasteiger partial charge in [0.2, 0.25) is 10.0 Å². The number of likely N-dealkylation sites (N-methyl/N-ethyl adjacent to an activating group) is 2. The summed E-state index contributed by atoms with van der Waals surface area (Å²) in [7, 11) is -3.14. The number of hydrogen-bond acceptors (Lipinski definition) is 14. The van der Waals surface area contributed by atoms with Gasteiger partial charge in [-0.05, 0) is 122 Å². The highest BCUT2D eigenvalue weighted by Crippen LogP contribution is 2.40. The molecule has 80 heavy (non-hydrogen) atoms. The van der Waals surface area contributed by atoms with Crippen molar-refractivity contribution in [2.75, 3.05) is 132 Å². The van der Waals surface area contributed by atoms with Crippen LogP contribution in [0.15, 0.2) is 82.6 Å². The Hall–Kier alpha value is -3.48. The van der Waals surface area contributed by atoms with Gasteiger partial charge in [0.1, 0.15) is 5.78 Å². The lowest BCUT2D eigenvalue weighted by Gasteiger charge is -2.33. The molecule has 6 rings (SSSR count). The summed E-state index contributed by atoms with van der Waals surface area (Å²) >= 11 is 25.7. The molecule has 3 N–H and O–H groups in total. The van der Waals surface area contributed by atoms with E-state index in [-0.39, 0.29) is 52.3 Å². The maximum Gasteiger partial charge on any atom is 0.314 e. The van der Waals surface area contributed by atoms with Gasteiger partial charge in [-0.1, -0.05) is 77.1 Å². The average Bonchev–Trinajstić information content (AvgIpc) is 3.44. The smallest absolute Gasteiger partial charge is 0.314 e. The van der Waals surface area contributed by atoms with Crippen molar-refractivity contribution in [3.05, 3.63) is 126 Å². The minimum absolute atomic E-state index is 0.00808. The van der Waals surface area contributed by atoms with Crippen LogP contribution >= 0.6 is 46.4 Å². The van der Waals surface area contributed by atoms with E-state index in [2.05, 4.69) is 25.2 Å². The number of benzene rings is 4. The molecule has 442 valence electrons. The van der Waals surface area contributed by atoms with Crippen LogP contribution in [0.5, 0.6) is 0 Å². The van der Waals surface area contributed by atoms with E-state index in [0.717, 1.165) is 78.8 Å². The Morgan fingerprint density at radius 2 is 0.950 bits per heavy atom. The molecule has 0 fully saturated rings. The Balaban J connectivity index is 0.657. The Bertz CT molecular complexity index is 2610. The van der Waals surface area contributed by atoms with Crippen LogP contribution in [0.3, 0.4) is 0 Å². The summed E-state index contributed by atoms with van der Waals surface area (Å²) in [6.07, 6.45) is 4.30. The van der Waals surface area contributed by atoms with Crippen molar-refractivity contribution >= 4 is 78.1 Å². The maximum atomic E-state index is 13.0. The molecule has 0 spiro atoms. The summed E-state index contributed by atoms with van der Waals surface area (Å²) in [4.78, 5) is 29.2. The number of sulfone groups is 1. The largest absolute Gasteiger partial charge is 0.379 e. The number of halogens is 4. The van der Waals surface area contributed by atoms with Crippen LogP contribution in [0.25, 0.3) is 0 Å². The molecule has 2 aliphatic heterocycles. The molecule has 2 aliphatic rings. The van der Waals surface area contributed by atoms with Crippen LogP contribution in [0.2, 0.25) is 20.1 Å². The lowest BCUT2D eigenvalue weighted by atomic mass is 9.85. The summed E-state index contributed by atoms with van der Waals surface area (Å²) in [6.45, 7) is 8.00. The SMILES string of the molecule is CN1Cc2c(Cl)cc(Cl)cc2C(c2ccc(S(=O)(=O)CCCOCCOCCOCCCC(=O)CCCCCNC(=O)NCCOCCOCCOCCNS(=O)(=O)c3ccc(C4CN(C)Cc5c(Cl)cc(Cl)cc54)cc3)cc2)C1. The molecule has 2 atom stereocenters. The van der Waals surface area contributed by atoms with Crippen molar-refractivity contribution in [1.82, 2.24) is 25.2 Å². The zero-order valence-corrected chi connectivity index (χ0v) is 50.5. The van der Waals surface area contributed by atoms with Gasteiger partial charge in [-0.25, -0.2) is 26.4 Å². The predicted molar refractivity (Wildman–Crippen MR) is 313 cm³/mol. The number of rotatable bonds is 37. The number of sulfonamides is 1. The van der Waals surface area contributed by atoms with Crippen LogP contribution in [0.4, 0.5) is 4.79 Å². The van der Waals surface area contributed by atoms with Crippen molar-refractivity contribution in [2.45, 2.75) is 79.7 Å². The molecule has 0 aromatic heterocycles. The number of fused-ring (bicyclic) bond motifs is 2. The van der Waals surface area contributed by atoms with Crippen LogP contribution in [0.1, 0.15) is 90.2 Å². The molecular weight excluding hydrogens is 1150 g/mol. The number of urea groups is 1. The average molecular weight is 1230 g/mol. The summed E-state index contributed by atoms with van der Waals surface area (Å²) in [6, 6.07) is 21.1. The van der Waals surface area contributed by atoms with Crippen LogP contribution in [0, 0.1) is 0 Å². The monoisotopic (exact) mass is 1230 g/mol. The highest BCUT2D eigenvalue weighted by Gasteiger charge is 2.29. The molecule has 2 amide bonds. The quantitative estimate of drug-likeness (QED) is 0.0362. The summed E-state index contributed by atoms with van der Waals surface area (Å²) in [5.74, 6) is 0.207. The second-order valence-electron chi connectivity index (χ2n) is 19.9. The van der Waals surface area contributed by atoms with Crippen molar-refractivity contribution in [3.8, 4) is 0 Å². The number of nitrogens with zero attached hydrogens (tertiary/aromatic N) is 2. The maximum absolute atomic E-state index is 13.0. The zero-order valence-electron chi connectivity index (χ0n) is 45.8. The zero-order chi connectivity index (χ0) is 57.3. The van der Waals surface area contributed by atoms with Gasteiger partial charge in [-0.15, -0.1) is 0 Å². The van der Waals surface area contributed by atoms with Gasteiger partial charge < -0.3 is 48.9 Å². The molecule has 0 aliphatic carbocycles. The molecule has 0 radical (unpaired) electrons. The first-order valence-electron chi connectivity index (χ1n) is 27.3. The first kappa shape index (κ1) is 65.7. The summed E-state index contributed by atoms with van der Waals surface area (Å²) in [5, 5.41) is 7.99. The lowest BCUT2D eigenvalue weighted by Crippen LogP contribution is -2.37. The Labute approximate surface area is 492 Å². The van der Waals surface area contributed by atoms with E-state index in [9.17, 15) is 26.4 Å². The van der Waals surface area contributed by atoms with E-state index in [4.69, 9.17) is 74.8 Å². The fourth-order valence-corrected chi connectivity index (χ4v) is 13.0. The molecule has 4 aromatic carbocycles. The van der Waals surface area contributed by atoms with Crippen LogP contribution in [-0.2, 0) is 66.2 Å². The topological polar surface area (TPSA) is 200 Å². The van der Waals surface area contributed by atoms with Gasteiger partial charge in [0.15, 0.2) is 9.84 Å². The molecule has 0 saturated heterocycles. The van der Waals surface area contributed by atoms with E-state index < -0.39 is 19.9 Å². The van der Waals surface area contributed by atoms with E-state index in [1.165, 1.54) is 0 Å². The van der Waals surface area contributed by atoms with Gasteiger partial charge >= 0.3 is 6.03 Å². The van der Waals surface area contributed by atoms with Gasteiger partial charge in [0.05, 0.1) is 81.6 Å². The van der Waals surface area contributed by atoms with Gasteiger partial charge in [-0.2, -0.15) is 0 Å². The van der Waals surface area contributed by atoms with Crippen LogP contribution < -0.4 is 15.4 Å². The second-order valence-corrected chi connectivity index (χ2v) is 25.5. The highest BCUT2D eigenvalue weighted by atomic mass is 35.5. The summed E-state index contributed by atoms with van der Waals surface area (Å²) < 4.78 is 87.8. The van der Waals surface area contributed by atoms with E-state index in [0.29, 0.717) is 132 Å². The fourth-order valence-electron chi connectivity index (χ4n) is 9.55. The number of amides is 2. The molecule has 2 heterocycles. The summed E-state index contributed by atoms with van der Waals surface area (Å²) in [5.41, 5.74) is 6.19. The number of carbonyl (C=O) groups is 2. The lowest BCUT2D eigenvalue weighted by molar-refractivity contribution is -0.119. The third kappa shape index (κ3) is 21.9. The van der Waals surface area contributed by atoms with Crippen molar-refractivity contribution in [2.24, 2.45) is 0 Å². The number of hydrogen-bond donors (Lipinski definition) is 3. The first-order chi connectivity index (χ1) is 38.5. The molecule has 23 heteroatoms. The van der Waals surface area contributed by atoms with E-state index in [1.54, 1.807) is 36.4 Å². The van der Waals surface area contributed by atoms with Gasteiger partial charge in [-0.3, -0.25) is 4.79 Å². The number of ketones is 1. The molecule has 4 aromatic rings. The number of unbranched alkanes of at least 4 members (excludes halogenated alkanes) is 2. The third-order valence-electron chi connectivity index (χ3n) is 13.6. The van der Waals surface area contributed by atoms with E-state index >= 15 is 0 Å². The Morgan fingerprint density at radius 1 is 0.512 bits per heavy atom. The molecule has 2 unspecified atom stereocenters. The number of ether oxygens (including phenoxy) is 6. The normalized spacial score (nSPS) is 15.9. The Kier molecular flexibility index (Phi) is 28.2. The predicted octanol–water partition coefficient (Wildman–Crippen LogP) is 8.91. The third-order valence-corrected chi connectivity index (χ3v) is 18.0. The van der Waals surface area contributed by atoms with Crippen molar-refractivity contribution < 1.29 is 54.8 Å². The van der Waals surface area contributed by atoms with Gasteiger partial charge in [0.25, 0.3) is 0 Å². The highest BCUT2D eigenvalue weighted by molar-refractivity contribution is 7.91. The Morgan fingerprint density at radius 3 is 1.48 bits per heavy atom. The molecular formula is C57H77Cl4N5O12S2. The van der Waals surface area contributed by atoms with E-state index in [1.807, 2.05) is 50.5 Å². The standard InChI is InChI=1S/C57H77Cl4N5O12S2/c1-65-38-51(49-34-44(58)36-55(60)53(49)40-65)42-10-14-47(15-11-42)79(69,70)33-7-22-74-26-30-77-29-25-73-21-6-9-46(67)8-4-3-5-18-62-57(68)63-19-23-75-27-31-78-32-28-76-24-20-64-80(71,72)48-16-12-43(13-17-48)52-39-66(2)41-54-50(52)35-45(59)37-56(54)61/h10-17,34-37,51-52,64H,3-9,18-33,38-41H2,1-2H3,(H2,62,63,68). The minimum atomic E-state index is -3.73. The molecule has 0 bridgehead atoms. The number of nitrogens with one attached hydrogen (secondary N) is 3. The van der Waals surface area contributed by atoms with Crippen molar-refractivity contribution in [1.29, 1.82) is 0 Å². The molecule has 0 saturated carbocycles. The van der Waals surface area contributed by atoms with Gasteiger partial charge in [0, 0.05) is 104 Å².